The van der Waals surface area contributed by atoms with Crippen LogP contribution in [0.4, 0.5) is 18.9 Å². The summed E-state index contributed by atoms with van der Waals surface area (Å²) in [7, 11) is 0. The third-order valence-electron chi connectivity index (χ3n) is 7.48. The number of ether oxygens (including phenoxy) is 1. The molecule has 0 radical (unpaired) electrons. The van der Waals surface area contributed by atoms with E-state index in [1.165, 1.54) is 19.3 Å². The first-order valence-electron chi connectivity index (χ1n) is 13.3. The number of carbonyl (C=O) groups is 2. The summed E-state index contributed by atoms with van der Waals surface area (Å²) in [4.78, 5) is 32.9. The number of carbonyl (C=O) groups excluding carboxylic acids is 2. The van der Waals surface area contributed by atoms with Crippen LogP contribution in [-0.2, 0) is 9.53 Å². The van der Waals surface area contributed by atoms with Gasteiger partial charge in [0.1, 0.15) is 34.6 Å². The average molecular weight is 556 g/mol. The van der Waals surface area contributed by atoms with Gasteiger partial charge in [-0.2, -0.15) is 0 Å². The van der Waals surface area contributed by atoms with Crippen LogP contribution >= 0.6 is 0 Å². The number of rotatable bonds is 9. The van der Waals surface area contributed by atoms with Crippen LogP contribution in [-0.4, -0.2) is 39.0 Å². The Bertz CT molecular complexity index is 1370. The molecule has 0 saturated carbocycles. The first kappa shape index (κ1) is 29.4. The number of amides is 1. The van der Waals surface area contributed by atoms with Crippen molar-refractivity contribution in [3.8, 4) is 11.3 Å². The van der Waals surface area contributed by atoms with Gasteiger partial charge in [-0.3, -0.25) is 9.78 Å². The van der Waals surface area contributed by atoms with Crippen LogP contribution < -0.4 is 5.32 Å². The van der Waals surface area contributed by atoms with E-state index in [9.17, 15) is 27.9 Å². The fourth-order valence-corrected chi connectivity index (χ4v) is 5.25. The molecule has 1 amide bonds. The predicted molar refractivity (Wildman–Crippen MR) is 143 cm³/mol. The molecule has 1 aliphatic rings. The van der Waals surface area contributed by atoms with Crippen molar-refractivity contribution in [2.45, 2.75) is 64.8 Å². The number of hydrogen-bond donors (Lipinski definition) is 2. The molecule has 40 heavy (non-hydrogen) atoms. The Morgan fingerprint density at radius 2 is 1.85 bits per heavy atom. The van der Waals surface area contributed by atoms with Crippen molar-refractivity contribution >= 4 is 17.4 Å². The molecule has 7 nitrogen and oxygen atoms in total. The number of ketones is 1. The fourth-order valence-electron chi connectivity index (χ4n) is 5.25. The van der Waals surface area contributed by atoms with Crippen molar-refractivity contribution in [3.63, 3.8) is 0 Å². The molecule has 0 aliphatic carbocycles. The van der Waals surface area contributed by atoms with Crippen LogP contribution in [0.2, 0.25) is 0 Å². The molecule has 3 heterocycles. The predicted octanol–water partition coefficient (Wildman–Crippen LogP) is 6.04. The topological polar surface area (TPSA) is 101 Å². The summed E-state index contributed by atoms with van der Waals surface area (Å²) in [5.74, 6) is -3.72. The van der Waals surface area contributed by atoms with E-state index in [1.807, 2.05) is 13.8 Å². The summed E-state index contributed by atoms with van der Waals surface area (Å²) in [5.41, 5.74) is -0.733. The molecule has 0 bridgehead atoms. The second kappa shape index (κ2) is 12.7. The van der Waals surface area contributed by atoms with E-state index in [2.05, 4.69) is 15.3 Å². The van der Waals surface area contributed by atoms with Crippen molar-refractivity contribution in [2.24, 2.45) is 11.8 Å². The van der Waals surface area contributed by atoms with Crippen molar-refractivity contribution < 1.29 is 32.6 Å². The number of aliphatic hydroxyl groups excluding tert-OH is 1. The average Bonchev–Trinajstić information content (AvgIpc) is 2.92. The number of aromatic nitrogens is 2. The summed E-state index contributed by atoms with van der Waals surface area (Å²) in [6.07, 6.45) is 3.15. The molecule has 3 aromatic rings. The van der Waals surface area contributed by atoms with Gasteiger partial charge in [0.05, 0.1) is 35.8 Å². The minimum absolute atomic E-state index is 0.0291. The molecule has 2 N–H and O–H groups in total. The summed E-state index contributed by atoms with van der Waals surface area (Å²) >= 11 is 0. The lowest BCUT2D eigenvalue weighted by Gasteiger charge is -2.43. The Kier molecular flexibility index (Phi) is 9.32. The van der Waals surface area contributed by atoms with Gasteiger partial charge in [0.15, 0.2) is 0 Å². The van der Waals surface area contributed by atoms with Gasteiger partial charge >= 0.3 is 0 Å². The van der Waals surface area contributed by atoms with E-state index in [4.69, 9.17) is 4.74 Å². The zero-order valence-corrected chi connectivity index (χ0v) is 22.5. The lowest BCUT2D eigenvalue weighted by atomic mass is 9.76. The van der Waals surface area contributed by atoms with Gasteiger partial charge in [0.25, 0.3) is 5.91 Å². The summed E-state index contributed by atoms with van der Waals surface area (Å²) < 4.78 is 49.6. The molecule has 4 unspecified atom stereocenters. The molecule has 1 saturated heterocycles. The van der Waals surface area contributed by atoms with Crippen LogP contribution in [0.25, 0.3) is 11.3 Å². The Morgan fingerprint density at radius 3 is 2.52 bits per heavy atom. The molecule has 1 aromatic carbocycles. The normalized spacial score (nSPS) is 21.6. The lowest BCUT2D eigenvalue weighted by Crippen LogP contribution is -2.44. The van der Waals surface area contributed by atoms with Gasteiger partial charge in [-0.05, 0) is 49.6 Å². The number of Topliss-reactive ketones (excluding diaryl/α,β-unsaturated/α-hetero) is 1. The molecule has 4 rings (SSSR count). The Balaban J connectivity index is 1.61. The van der Waals surface area contributed by atoms with E-state index < -0.39 is 46.8 Å². The Morgan fingerprint density at radius 1 is 1.12 bits per heavy atom. The van der Waals surface area contributed by atoms with Gasteiger partial charge in [0.2, 0.25) is 0 Å². The number of nitrogens with one attached hydrogen (secondary N) is 1. The second-order valence-electron chi connectivity index (χ2n) is 10.2. The van der Waals surface area contributed by atoms with Crippen molar-refractivity contribution in [1.29, 1.82) is 0 Å². The van der Waals surface area contributed by atoms with E-state index in [1.54, 1.807) is 6.07 Å². The van der Waals surface area contributed by atoms with E-state index in [-0.39, 0.29) is 41.5 Å². The minimum Gasteiger partial charge on any atom is -0.393 e. The summed E-state index contributed by atoms with van der Waals surface area (Å²) in [6.45, 7) is 5.60. The minimum atomic E-state index is -1.01. The maximum Gasteiger partial charge on any atom is 0.274 e. The molecule has 10 heteroatoms. The van der Waals surface area contributed by atoms with Gasteiger partial charge < -0.3 is 20.0 Å². The van der Waals surface area contributed by atoms with Gasteiger partial charge in [0, 0.05) is 30.5 Å². The highest BCUT2D eigenvalue weighted by molar-refractivity contribution is 6.03. The maximum absolute atomic E-state index is 14.5. The summed E-state index contributed by atoms with van der Waals surface area (Å²) in [6, 6.07) is 6.79. The van der Waals surface area contributed by atoms with Crippen LogP contribution in [0.3, 0.4) is 0 Å². The zero-order chi connectivity index (χ0) is 29.0. The zero-order valence-electron chi connectivity index (χ0n) is 22.5. The quantitative estimate of drug-likeness (QED) is 0.334. The van der Waals surface area contributed by atoms with Gasteiger partial charge in [-0.1, -0.05) is 26.3 Å². The number of nitrogens with zero attached hydrogens (tertiary/aromatic N) is 2. The molecule has 212 valence electrons. The lowest BCUT2D eigenvalue weighted by molar-refractivity contribution is -0.156. The molecule has 1 aliphatic heterocycles. The van der Waals surface area contributed by atoms with Crippen LogP contribution in [0.15, 0.2) is 48.8 Å². The van der Waals surface area contributed by atoms with E-state index in [0.29, 0.717) is 18.4 Å². The molecule has 0 spiro atoms. The third-order valence-corrected chi connectivity index (χ3v) is 7.48. The standard InChI is InChI=1S/C30H32F3N3O4/c1-4-16(2)27-24(38)14-26(40-25(27)11-8-17(3)37)18-12-13-34-15-23(18)36-30(39)22-10-9-21(33)29(35-22)28-19(31)6-5-7-20(28)32/h5-7,9-10,12-13,15-16,24-27,38H,4,8,11,14H2,1-3H3,(H,36,39)/t16?,24?,25-,26?,27?/m1/s1. The molecular weight excluding hydrogens is 523 g/mol. The van der Waals surface area contributed by atoms with Gasteiger partial charge in [-0.15, -0.1) is 0 Å². The van der Waals surface area contributed by atoms with Crippen LogP contribution in [0.1, 0.15) is 68.6 Å². The summed E-state index contributed by atoms with van der Waals surface area (Å²) in [5, 5.41) is 13.8. The highest BCUT2D eigenvalue weighted by Crippen LogP contribution is 2.42. The first-order valence-corrected chi connectivity index (χ1v) is 13.3. The van der Waals surface area contributed by atoms with Gasteiger partial charge in [-0.25, -0.2) is 18.2 Å². The molecule has 5 atom stereocenters. The Hall–Kier alpha value is -3.63. The largest absolute Gasteiger partial charge is 0.393 e. The van der Waals surface area contributed by atoms with Crippen molar-refractivity contribution in [2.75, 3.05) is 5.32 Å². The maximum atomic E-state index is 14.5. The monoisotopic (exact) mass is 555 g/mol. The van der Waals surface area contributed by atoms with Crippen LogP contribution in [0.5, 0.6) is 0 Å². The fraction of sp³-hybridized carbons (Fsp3) is 0.400. The molecule has 1 fully saturated rings. The number of anilines is 1. The number of pyridine rings is 2. The number of benzene rings is 1. The van der Waals surface area contributed by atoms with E-state index in [0.717, 1.165) is 36.8 Å². The smallest absolute Gasteiger partial charge is 0.274 e. The van der Waals surface area contributed by atoms with Crippen molar-refractivity contribution in [3.05, 3.63) is 77.5 Å². The third kappa shape index (κ3) is 6.39. The Labute approximate surface area is 230 Å². The highest BCUT2D eigenvalue weighted by Gasteiger charge is 2.41. The molecule has 2 aromatic heterocycles. The van der Waals surface area contributed by atoms with E-state index >= 15 is 0 Å². The number of hydrogen-bond acceptors (Lipinski definition) is 6. The highest BCUT2D eigenvalue weighted by atomic mass is 19.1. The second-order valence-corrected chi connectivity index (χ2v) is 10.2. The molecular formula is C30H32F3N3O4. The van der Waals surface area contributed by atoms with Crippen LogP contribution in [0, 0.1) is 29.3 Å². The first-order chi connectivity index (χ1) is 19.1. The number of aliphatic hydroxyl groups is 1. The SMILES string of the molecule is CCC(C)C1C(O)CC(c2ccncc2NC(=O)c2ccc(F)c(-c3c(F)cccc3F)n2)O[C@@H]1CCC(C)=O. The van der Waals surface area contributed by atoms with Crippen molar-refractivity contribution in [1.82, 2.24) is 9.97 Å². The number of halogens is 3.